The zero-order chi connectivity index (χ0) is 14.5. The lowest BCUT2D eigenvalue weighted by Gasteiger charge is -2.33. The van der Waals surface area contributed by atoms with Gasteiger partial charge in [-0.2, -0.15) is 0 Å². The molecule has 0 aliphatic heterocycles. The van der Waals surface area contributed by atoms with Crippen molar-refractivity contribution in [1.82, 2.24) is 5.32 Å². The van der Waals surface area contributed by atoms with Crippen LogP contribution in [0.25, 0.3) is 0 Å². The van der Waals surface area contributed by atoms with Crippen molar-refractivity contribution < 1.29 is 4.74 Å². The quantitative estimate of drug-likeness (QED) is 0.655. The molecule has 0 heterocycles. The van der Waals surface area contributed by atoms with Crippen LogP contribution in [0, 0.1) is 0 Å². The second-order valence-electron chi connectivity index (χ2n) is 5.72. The third kappa shape index (κ3) is 5.87. The van der Waals surface area contributed by atoms with E-state index in [-0.39, 0.29) is 0 Å². The van der Waals surface area contributed by atoms with Gasteiger partial charge in [-0.05, 0) is 26.3 Å². The van der Waals surface area contributed by atoms with Gasteiger partial charge in [-0.15, -0.1) is 0 Å². The molecule has 4 nitrogen and oxygen atoms in total. The molecule has 0 aromatic heterocycles. The van der Waals surface area contributed by atoms with E-state index in [1.807, 2.05) is 51.1 Å². The van der Waals surface area contributed by atoms with Gasteiger partial charge in [0, 0.05) is 11.2 Å². The highest BCUT2D eigenvalue weighted by Gasteiger charge is 2.24. The minimum Gasteiger partial charge on any atom is -0.373 e. The molecule has 0 radical (unpaired) electrons. The van der Waals surface area contributed by atoms with Crippen LogP contribution in [0.5, 0.6) is 0 Å². The van der Waals surface area contributed by atoms with Crippen LogP contribution in [0.15, 0.2) is 42.6 Å². The average molecular weight is 263 g/mol. The molecule has 0 aliphatic carbocycles. The maximum Gasteiger partial charge on any atom is 0.107 e. The summed E-state index contributed by atoms with van der Waals surface area (Å²) in [7, 11) is 0. The van der Waals surface area contributed by atoms with Gasteiger partial charge in [-0.25, -0.2) is 0 Å². The average Bonchev–Trinajstić information content (AvgIpc) is 2.28. The molecule has 19 heavy (non-hydrogen) atoms. The van der Waals surface area contributed by atoms with E-state index in [1.165, 1.54) is 0 Å². The van der Waals surface area contributed by atoms with Gasteiger partial charge in [0.05, 0.1) is 13.2 Å². The standard InChI is InChI=1S/C15H25N3O/c1-12(14(2,3)16)18-15(4,17)11-19-10-13-8-6-5-7-9-13/h5-9,18H,1,10-11,16-17H2,2-4H3/t15-/m0/s1. The van der Waals surface area contributed by atoms with Crippen LogP contribution in [0.2, 0.25) is 0 Å². The summed E-state index contributed by atoms with van der Waals surface area (Å²) in [5, 5.41) is 3.12. The molecule has 0 bridgehead atoms. The number of benzene rings is 1. The van der Waals surface area contributed by atoms with Crippen LogP contribution in [-0.4, -0.2) is 17.8 Å². The molecule has 0 fully saturated rings. The third-order valence-electron chi connectivity index (χ3n) is 2.73. The minimum absolute atomic E-state index is 0.372. The predicted octanol–water partition coefficient (Wildman–Crippen LogP) is 1.72. The van der Waals surface area contributed by atoms with E-state index in [0.29, 0.717) is 18.9 Å². The van der Waals surface area contributed by atoms with Gasteiger partial charge in [-0.3, -0.25) is 0 Å². The van der Waals surface area contributed by atoms with Crippen LogP contribution in [0.4, 0.5) is 0 Å². The van der Waals surface area contributed by atoms with Gasteiger partial charge in [0.2, 0.25) is 0 Å². The van der Waals surface area contributed by atoms with Crippen LogP contribution in [-0.2, 0) is 11.3 Å². The molecule has 4 heteroatoms. The van der Waals surface area contributed by atoms with E-state index in [4.69, 9.17) is 16.2 Å². The van der Waals surface area contributed by atoms with Crippen LogP contribution < -0.4 is 16.8 Å². The maximum atomic E-state index is 6.13. The van der Waals surface area contributed by atoms with Gasteiger partial charge in [0.1, 0.15) is 5.66 Å². The highest BCUT2D eigenvalue weighted by atomic mass is 16.5. The normalized spacial score (nSPS) is 14.8. The molecule has 106 valence electrons. The van der Waals surface area contributed by atoms with E-state index in [0.717, 1.165) is 5.56 Å². The fourth-order valence-corrected chi connectivity index (χ4v) is 1.50. The Labute approximate surface area is 115 Å². The number of rotatable bonds is 7. The van der Waals surface area contributed by atoms with Crippen molar-refractivity contribution >= 4 is 0 Å². The topological polar surface area (TPSA) is 73.3 Å². The number of hydrogen-bond donors (Lipinski definition) is 3. The second kappa shape index (κ2) is 6.19. The molecular formula is C15H25N3O. The monoisotopic (exact) mass is 263 g/mol. The number of nitrogens with one attached hydrogen (secondary N) is 1. The Morgan fingerprint density at radius 3 is 2.32 bits per heavy atom. The lowest BCUT2D eigenvalue weighted by Crippen LogP contribution is -2.57. The van der Waals surface area contributed by atoms with Crippen molar-refractivity contribution in [2.45, 2.75) is 38.6 Å². The summed E-state index contributed by atoms with van der Waals surface area (Å²) >= 11 is 0. The van der Waals surface area contributed by atoms with Gasteiger partial charge >= 0.3 is 0 Å². The predicted molar refractivity (Wildman–Crippen MR) is 79.2 cm³/mol. The summed E-state index contributed by atoms with van der Waals surface area (Å²) in [5.41, 5.74) is 12.7. The highest BCUT2D eigenvalue weighted by Crippen LogP contribution is 2.11. The number of hydrogen-bond acceptors (Lipinski definition) is 4. The van der Waals surface area contributed by atoms with E-state index in [9.17, 15) is 0 Å². The van der Waals surface area contributed by atoms with Gasteiger partial charge in [0.15, 0.2) is 0 Å². The fraction of sp³-hybridized carbons (Fsp3) is 0.467. The lowest BCUT2D eigenvalue weighted by molar-refractivity contribution is 0.0691. The molecule has 1 rings (SSSR count). The Morgan fingerprint density at radius 1 is 1.21 bits per heavy atom. The van der Waals surface area contributed by atoms with Gasteiger partial charge in [-0.1, -0.05) is 36.9 Å². The molecule has 1 atom stereocenters. The molecule has 5 N–H and O–H groups in total. The lowest BCUT2D eigenvalue weighted by atomic mass is 10.0. The van der Waals surface area contributed by atoms with Crippen molar-refractivity contribution in [2.75, 3.05) is 6.61 Å². The zero-order valence-corrected chi connectivity index (χ0v) is 12.1. The fourth-order valence-electron chi connectivity index (χ4n) is 1.50. The van der Waals surface area contributed by atoms with Crippen molar-refractivity contribution in [2.24, 2.45) is 11.5 Å². The first-order chi connectivity index (χ1) is 8.71. The number of nitrogens with two attached hydrogens (primary N) is 2. The van der Waals surface area contributed by atoms with E-state index < -0.39 is 11.2 Å². The molecule has 0 aliphatic rings. The van der Waals surface area contributed by atoms with E-state index >= 15 is 0 Å². The summed E-state index contributed by atoms with van der Waals surface area (Å²) in [5.74, 6) is 0. The Morgan fingerprint density at radius 2 is 1.79 bits per heavy atom. The first-order valence-electron chi connectivity index (χ1n) is 6.38. The smallest absolute Gasteiger partial charge is 0.107 e. The van der Waals surface area contributed by atoms with Crippen molar-refractivity contribution in [1.29, 1.82) is 0 Å². The van der Waals surface area contributed by atoms with Gasteiger partial charge in [0.25, 0.3) is 0 Å². The highest BCUT2D eigenvalue weighted by molar-refractivity contribution is 5.14. The molecule has 0 amide bonds. The van der Waals surface area contributed by atoms with Crippen molar-refractivity contribution in [3.8, 4) is 0 Å². The van der Waals surface area contributed by atoms with Crippen LogP contribution in [0.1, 0.15) is 26.3 Å². The van der Waals surface area contributed by atoms with Crippen molar-refractivity contribution in [3.05, 3.63) is 48.2 Å². The molecule has 1 aromatic carbocycles. The Kier molecular flexibility index (Phi) is 5.11. The SMILES string of the molecule is C=C(N[C@](C)(N)COCc1ccccc1)C(C)(C)N. The van der Waals surface area contributed by atoms with Crippen LogP contribution >= 0.6 is 0 Å². The molecular weight excluding hydrogens is 238 g/mol. The van der Waals surface area contributed by atoms with E-state index in [1.54, 1.807) is 0 Å². The number of ether oxygens (including phenoxy) is 1. The molecule has 1 aromatic rings. The molecule has 0 spiro atoms. The zero-order valence-electron chi connectivity index (χ0n) is 12.1. The Bertz CT molecular complexity index is 407. The summed E-state index contributed by atoms with van der Waals surface area (Å²) in [4.78, 5) is 0. The second-order valence-corrected chi connectivity index (χ2v) is 5.72. The Balaban J connectivity index is 2.41. The third-order valence-corrected chi connectivity index (χ3v) is 2.73. The first-order valence-corrected chi connectivity index (χ1v) is 6.38. The van der Waals surface area contributed by atoms with Crippen LogP contribution in [0.3, 0.4) is 0 Å². The van der Waals surface area contributed by atoms with E-state index in [2.05, 4.69) is 11.9 Å². The summed E-state index contributed by atoms with van der Waals surface area (Å²) < 4.78 is 5.63. The minimum atomic E-state index is -0.692. The van der Waals surface area contributed by atoms with Gasteiger partial charge < -0.3 is 21.5 Å². The first kappa shape index (κ1) is 15.7. The summed E-state index contributed by atoms with van der Waals surface area (Å²) in [6.07, 6.45) is 0. The maximum absolute atomic E-state index is 6.13. The Hall–Kier alpha value is -1.36. The molecule has 0 unspecified atom stereocenters. The van der Waals surface area contributed by atoms with Crippen molar-refractivity contribution in [3.63, 3.8) is 0 Å². The molecule has 0 saturated carbocycles. The summed E-state index contributed by atoms with van der Waals surface area (Å²) in [6, 6.07) is 9.98. The molecule has 0 saturated heterocycles. The summed E-state index contributed by atoms with van der Waals surface area (Å²) in [6.45, 7) is 10.4. The largest absolute Gasteiger partial charge is 0.373 e.